The molecule has 30 heavy (non-hydrogen) atoms. The Morgan fingerprint density at radius 3 is 2.80 bits per heavy atom. The summed E-state index contributed by atoms with van der Waals surface area (Å²) in [5, 5.41) is 3.26. The van der Waals surface area contributed by atoms with E-state index in [2.05, 4.69) is 12.2 Å². The molecule has 2 aromatic rings. The molecule has 2 fully saturated rings. The van der Waals surface area contributed by atoms with E-state index in [1.807, 2.05) is 19.1 Å². The maximum absolute atomic E-state index is 13.3. The van der Waals surface area contributed by atoms with Gasteiger partial charge in [0.05, 0.1) is 10.5 Å². The summed E-state index contributed by atoms with van der Waals surface area (Å²) in [5.41, 5.74) is 1.75. The number of pyridine rings is 1. The zero-order valence-electron chi connectivity index (χ0n) is 17.3. The molecule has 1 saturated carbocycles. The molecule has 2 aliphatic rings. The van der Waals surface area contributed by atoms with E-state index in [9.17, 15) is 9.59 Å². The molecule has 8 heteroatoms. The van der Waals surface area contributed by atoms with Crippen molar-refractivity contribution in [3.8, 4) is 0 Å². The molecule has 0 spiro atoms. The number of hydrogen-bond donors (Lipinski definition) is 1. The number of nitrogens with one attached hydrogen (secondary N) is 1. The molecule has 1 saturated heterocycles. The van der Waals surface area contributed by atoms with Gasteiger partial charge in [-0.3, -0.25) is 18.9 Å². The number of rotatable bonds is 5. The van der Waals surface area contributed by atoms with Gasteiger partial charge in [0.1, 0.15) is 15.8 Å². The van der Waals surface area contributed by atoms with Crippen LogP contribution in [0.3, 0.4) is 0 Å². The number of nitrogens with zero attached hydrogens (tertiary/aromatic N) is 3. The Morgan fingerprint density at radius 1 is 1.30 bits per heavy atom. The number of carbonyl (C=O) groups excluding carboxylic acids is 1. The summed E-state index contributed by atoms with van der Waals surface area (Å²) in [6, 6.07) is 3.94. The van der Waals surface area contributed by atoms with Crippen molar-refractivity contribution in [3.63, 3.8) is 0 Å². The topological polar surface area (TPSA) is 66.7 Å². The molecule has 2 aromatic heterocycles. The van der Waals surface area contributed by atoms with Crippen molar-refractivity contribution in [1.29, 1.82) is 0 Å². The number of thiocarbonyl (C=S) groups is 1. The first-order valence-electron chi connectivity index (χ1n) is 10.5. The first-order chi connectivity index (χ1) is 14.5. The Balaban J connectivity index is 1.77. The molecule has 158 valence electrons. The van der Waals surface area contributed by atoms with Gasteiger partial charge in [-0.1, -0.05) is 56.2 Å². The molecule has 0 bridgehead atoms. The van der Waals surface area contributed by atoms with E-state index >= 15 is 0 Å². The lowest BCUT2D eigenvalue weighted by Crippen LogP contribution is -2.39. The zero-order chi connectivity index (χ0) is 21.3. The Hall–Kier alpha value is -2.19. The van der Waals surface area contributed by atoms with E-state index in [1.54, 1.807) is 21.6 Å². The molecule has 1 N–H and O–H groups in total. The average molecular weight is 443 g/mol. The summed E-state index contributed by atoms with van der Waals surface area (Å²) >= 11 is 6.82. The van der Waals surface area contributed by atoms with E-state index < -0.39 is 0 Å². The third kappa shape index (κ3) is 3.90. The highest BCUT2D eigenvalue weighted by Gasteiger charge is 2.37. The van der Waals surface area contributed by atoms with Crippen LogP contribution >= 0.6 is 24.0 Å². The number of thioether (sulfide) groups is 1. The zero-order valence-corrected chi connectivity index (χ0v) is 18.9. The summed E-state index contributed by atoms with van der Waals surface area (Å²) in [4.78, 5) is 33.4. The van der Waals surface area contributed by atoms with Crippen molar-refractivity contribution in [3.05, 3.63) is 44.7 Å². The van der Waals surface area contributed by atoms with Gasteiger partial charge in [-0.15, -0.1) is 0 Å². The first-order valence-corrected chi connectivity index (χ1v) is 11.8. The van der Waals surface area contributed by atoms with Crippen molar-refractivity contribution < 1.29 is 4.79 Å². The smallest absolute Gasteiger partial charge is 0.267 e. The van der Waals surface area contributed by atoms with E-state index in [0.717, 1.165) is 37.7 Å². The lowest BCUT2D eigenvalue weighted by atomic mass is 9.94. The van der Waals surface area contributed by atoms with Crippen LogP contribution in [-0.4, -0.2) is 37.1 Å². The second-order valence-corrected chi connectivity index (χ2v) is 9.51. The monoisotopic (exact) mass is 442 g/mol. The van der Waals surface area contributed by atoms with Crippen molar-refractivity contribution in [2.45, 2.75) is 58.4 Å². The van der Waals surface area contributed by atoms with Crippen molar-refractivity contribution >= 4 is 51.7 Å². The normalized spacial score (nSPS) is 19.3. The van der Waals surface area contributed by atoms with Crippen LogP contribution in [0, 0.1) is 6.92 Å². The Kier molecular flexibility index (Phi) is 6.24. The Bertz CT molecular complexity index is 1090. The van der Waals surface area contributed by atoms with Gasteiger partial charge in [0.2, 0.25) is 0 Å². The van der Waals surface area contributed by atoms with Gasteiger partial charge in [-0.2, -0.15) is 0 Å². The standard InChI is InChI=1S/C22H26N4O2S2/c1-3-11-23-18-16(20(27)25-12-7-8-14(2)19(25)24-18)13-17-21(28)26(22(29)30-17)15-9-5-4-6-10-15/h7-8,12-13,15,23H,3-6,9-11H2,1-2H3. The minimum atomic E-state index is -0.190. The predicted molar refractivity (Wildman–Crippen MR) is 127 cm³/mol. The maximum atomic E-state index is 13.3. The molecule has 4 rings (SSSR count). The number of hydrogen-bond acceptors (Lipinski definition) is 6. The quantitative estimate of drug-likeness (QED) is 0.548. The lowest BCUT2D eigenvalue weighted by Gasteiger charge is -2.29. The van der Waals surface area contributed by atoms with E-state index in [0.29, 0.717) is 32.8 Å². The molecule has 1 aliphatic carbocycles. The third-order valence-corrected chi connectivity index (χ3v) is 7.00. The summed E-state index contributed by atoms with van der Waals surface area (Å²) in [7, 11) is 0. The second kappa shape index (κ2) is 8.89. The van der Waals surface area contributed by atoms with Crippen molar-refractivity contribution in [2.24, 2.45) is 0 Å². The summed E-state index contributed by atoms with van der Waals surface area (Å²) in [6.07, 6.45) is 9.73. The highest BCUT2D eigenvalue weighted by molar-refractivity contribution is 8.26. The van der Waals surface area contributed by atoms with Crippen LogP contribution in [0.2, 0.25) is 0 Å². The molecule has 3 heterocycles. The summed E-state index contributed by atoms with van der Waals surface area (Å²) in [5.74, 6) is 0.422. The fourth-order valence-corrected chi connectivity index (χ4v) is 5.47. The molecule has 0 aromatic carbocycles. The average Bonchev–Trinajstić information content (AvgIpc) is 3.03. The second-order valence-electron chi connectivity index (χ2n) is 7.83. The number of fused-ring (bicyclic) bond motifs is 1. The molecule has 0 atom stereocenters. The van der Waals surface area contributed by atoms with Crippen molar-refractivity contribution in [2.75, 3.05) is 11.9 Å². The molecular weight excluding hydrogens is 416 g/mol. The third-order valence-electron chi connectivity index (χ3n) is 5.67. The largest absolute Gasteiger partial charge is 0.369 e. The van der Waals surface area contributed by atoms with Crippen LogP contribution in [-0.2, 0) is 4.79 Å². The van der Waals surface area contributed by atoms with Gasteiger partial charge >= 0.3 is 0 Å². The lowest BCUT2D eigenvalue weighted by molar-refractivity contribution is -0.124. The van der Waals surface area contributed by atoms with Gasteiger partial charge in [0.25, 0.3) is 11.5 Å². The van der Waals surface area contributed by atoms with E-state index in [1.165, 1.54) is 18.2 Å². The minimum absolute atomic E-state index is 0.0907. The summed E-state index contributed by atoms with van der Waals surface area (Å²) in [6.45, 7) is 4.68. The van der Waals surface area contributed by atoms with Crippen LogP contribution in [0.5, 0.6) is 0 Å². The number of carbonyl (C=O) groups is 1. The van der Waals surface area contributed by atoms with Crippen LogP contribution in [0.15, 0.2) is 28.0 Å². The van der Waals surface area contributed by atoms with E-state index in [-0.39, 0.29) is 17.5 Å². The molecule has 0 radical (unpaired) electrons. The molecular formula is C22H26N4O2S2. The molecule has 0 unspecified atom stereocenters. The molecule has 6 nitrogen and oxygen atoms in total. The van der Waals surface area contributed by atoms with Gasteiger partial charge < -0.3 is 5.32 Å². The van der Waals surface area contributed by atoms with Gasteiger partial charge in [0.15, 0.2) is 0 Å². The van der Waals surface area contributed by atoms with Crippen molar-refractivity contribution in [1.82, 2.24) is 14.3 Å². The fourth-order valence-electron chi connectivity index (χ4n) is 4.08. The highest BCUT2D eigenvalue weighted by Crippen LogP contribution is 2.37. The van der Waals surface area contributed by atoms with Gasteiger partial charge in [-0.25, -0.2) is 4.98 Å². The number of aryl methyl sites for hydroxylation is 1. The van der Waals surface area contributed by atoms with Crippen LogP contribution in [0.4, 0.5) is 5.82 Å². The van der Waals surface area contributed by atoms with Gasteiger partial charge in [-0.05, 0) is 43.9 Å². The minimum Gasteiger partial charge on any atom is -0.369 e. The molecule has 1 aliphatic heterocycles. The fraction of sp³-hybridized carbons (Fsp3) is 0.455. The predicted octanol–water partition coefficient (Wildman–Crippen LogP) is 4.36. The highest BCUT2D eigenvalue weighted by atomic mass is 32.2. The maximum Gasteiger partial charge on any atom is 0.267 e. The number of anilines is 1. The molecule has 1 amide bonds. The van der Waals surface area contributed by atoms with Crippen LogP contribution < -0.4 is 10.9 Å². The summed E-state index contributed by atoms with van der Waals surface area (Å²) < 4.78 is 2.13. The van der Waals surface area contributed by atoms with Crippen LogP contribution in [0.25, 0.3) is 11.7 Å². The van der Waals surface area contributed by atoms with Crippen LogP contribution in [0.1, 0.15) is 56.6 Å². The van der Waals surface area contributed by atoms with E-state index in [4.69, 9.17) is 17.2 Å². The Morgan fingerprint density at radius 2 is 2.07 bits per heavy atom. The first kappa shape index (κ1) is 21.1. The Labute approximate surface area is 185 Å². The number of aromatic nitrogens is 2. The number of amides is 1. The van der Waals surface area contributed by atoms with Gasteiger partial charge in [0, 0.05) is 18.8 Å². The SMILES string of the molecule is CCCNc1nc2c(C)cccn2c(=O)c1C=C1SC(=S)N(C2CCCCC2)C1=O.